The molecule has 0 radical (unpaired) electrons. The molecule has 0 atom stereocenters. The average molecular weight is 333 g/mol. The topological polar surface area (TPSA) is 26.0 Å². The number of oxazole rings is 1. The van der Waals surface area contributed by atoms with E-state index in [4.69, 9.17) is 4.42 Å². The number of rotatable bonds is 3. The normalized spacial score (nSPS) is 11.4. The molecule has 0 N–H and O–H groups in total. The molecule has 0 bridgehead atoms. The van der Waals surface area contributed by atoms with E-state index in [-0.39, 0.29) is 5.56 Å². The second-order valence-electron chi connectivity index (χ2n) is 5.60. The molecule has 4 rings (SSSR count). The van der Waals surface area contributed by atoms with E-state index in [1.165, 1.54) is 18.2 Å². The highest BCUT2D eigenvalue weighted by molar-refractivity contribution is 5.82. The van der Waals surface area contributed by atoms with Crippen molar-refractivity contribution in [3.05, 3.63) is 89.8 Å². The smallest absolute Gasteiger partial charge is 0.220 e. The Morgan fingerprint density at radius 1 is 0.800 bits per heavy atom. The number of hydrogen-bond acceptors (Lipinski definition) is 2. The van der Waals surface area contributed by atoms with Crippen LogP contribution in [0.3, 0.4) is 0 Å². The molecule has 122 valence electrons. The van der Waals surface area contributed by atoms with Crippen LogP contribution in [0.1, 0.15) is 11.5 Å². The quantitative estimate of drug-likeness (QED) is 0.463. The van der Waals surface area contributed by atoms with Crippen molar-refractivity contribution in [2.75, 3.05) is 0 Å². The fourth-order valence-electron chi connectivity index (χ4n) is 2.62. The molecule has 0 saturated carbocycles. The van der Waals surface area contributed by atoms with Gasteiger partial charge in [0.2, 0.25) is 5.89 Å². The largest absolute Gasteiger partial charge is 0.437 e. The summed E-state index contributed by atoms with van der Waals surface area (Å²) >= 11 is 0. The van der Waals surface area contributed by atoms with E-state index in [0.717, 1.165) is 22.7 Å². The standard InChI is InChI=1S/C21H13F2NO/c22-17-9-6-15(18(23)13-17)8-11-21-24-19-12-16(7-10-20(19)25-21)14-4-2-1-3-5-14/h1-13H. The summed E-state index contributed by atoms with van der Waals surface area (Å²) in [6.45, 7) is 0. The zero-order chi connectivity index (χ0) is 17.2. The molecule has 0 aliphatic rings. The van der Waals surface area contributed by atoms with E-state index in [0.29, 0.717) is 11.5 Å². The lowest BCUT2D eigenvalue weighted by molar-refractivity contribution is 0.581. The lowest BCUT2D eigenvalue weighted by atomic mass is 10.1. The van der Waals surface area contributed by atoms with Crippen molar-refractivity contribution >= 4 is 23.3 Å². The Kier molecular flexibility index (Phi) is 3.86. The molecule has 4 aromatic rings. The van der Waals surface area contributed by atoms with E-state index in [1.807, 2.05) is 48.5 Å². The highest BCUT2D eigenvalue weighted by Crippen LogP contribution is 2.25. The fraction of sp³-hybridized carbons (Fsp3) is 0. The number of aromatic nitrogens is 1. The first-order chi connectivity index (χ1) is 12.2. The molecule has 0 aliphatic carbocycles. The molecular weight excluding hydrogens is 320 g/mol. The van der Waals surface area contributed by atoms with Crippen LogP contribution in [-0.2, 0) is 0 Å². The van der Waals surface area contributed by atoms with Crippen molar-refractivity contribution < 1.29 is 13.2 Å². The fourth-order valence-corrected chi connectivity index (χ4v) is 2.62. The molecule has 0 saturated heterocycles. The number of fused-ring (bicyclic) bond motifs is 1. The second-order valence-corrected chi connectivity index (χ2v) is 5.60. The van der Waals surface area contributed by atoms with Gasteiger partial charge in [0.15, 0.2) is 5.58 Å². The molecule has 25 heavy (non-hydrogen) atoms. The summed E-state index contributed by atoms with van der Waals surface area (Å²) in [7, 11) is 0. The molecule has 0 fully saturated rings. The van der Waals surface area contributed by atoms with Crippen molar-refractivity contribution in [3.8, 4) is 11.1 Å². The van der Waals surface area contributed by atoms with Gasteiger partial charge < -0.3 is 4.42 Å². The Morgan fingerprint density at radius 2 is 1.64 bits per heavy atom. The number of halogens is 2. The van der Waals surface area contributed by atoms with Gasteiger partial charge in [-0.2, -0.15) is 0 Å². The zero-order valence-corrected chi connectivity index (χ0v) is 13.1. The van der Waals surface area contributed by atoms with Crippen molar-refractivity contribution in [1.82, 2.24) is 4.98 Å². The maximum Gasteiger partial charge on any atom is 0.220 e. The van der Waals surface area contributed by atoms with Crippen molar-refractivity contribution in [1.29, 1.82) is 0 Å². The third-order valence-corrected chi connectivity index (χ3v) is 3.88. The van der Waals surface area contributed by atoms with E-state index in [2.05, 4.69) is 4.98 Å². The van der Waals surface area contributed by atoms with Gasteiger partial charge in [-0.15, -0.1) is 0 Å². The first-order valence-electron chi connectivity index (χ1n) is 7.78. The summed E-state index contributed by atoms with van der Waals surface area (Å²) in [6.07, 6.45) is 3.08. The lowest BCUT2D eigenvalue weighted by Gasteiger charge is -1.99. The van der Waals surface area contributed by atoms with Gasteiger partial charge in [0.05, 0.1) is 0 Å². The van der Waals surface area contributed by atoms with Crippen LogP contribution in [0, 0.1) is 11.6 Å². The minimum absolute atomic E-state index is 0.272. The molecule has 0 amide bonds. The minimum atomic E-state index is -0.626. The summed E-state index contributed by atoms with van der Waals surface area (Å²) in [5, 5.41) is 0. The molecule has 1 heterocycles. The maximum atomic E-state index is 13.7. The first-order valence-corrected chi connectivity index (χ1v) is 7.78. The van der Waals surface area contributed by atoms with Crippen LogP contribution < -0.4 is 0 Å². The predicted molar refractivity (Wildman–Crippen MR) is 94.7 cm³/mol. The summed E-state index contributed by atoms with van der Waals surface area (Å²) in [5.41, 5.74) is 3.78. The molecule has 3 aromatic carbocycles. The van der Waals surface area contributed by atoms with Crippen molar-refractivity contribution in [3.63, 3.8) is 0 Å². The minimum Gasteiger partial charge on any atom is -0.437 e. The van der Waals surface area contributed by atoms with Gasteiger partial charge in [-0.25, -0.2) is 13.8 Å². The summed E-state index contributed by atoms with van der Waals surface area (Å²) in [5.74, 6) is -0.868. The van der Waals surface area contributed by atoms with Gasteiger partial charge >= 0.3 is 0 Å². The summed E-state index contributed by atoms with van der Waals surface area (Å²) in [6, 6.07) is 19.2. The van der Waals surface area contributed by atoms with Gasteiger partial charge in [0.1, 0.15) is 17.2 Å². The average Bonchev–Trinajstić information content (AvgIpc) is 3.04. The lowest BCUT2D eigenvalue weighted by Crippen LogP contribution is -1.83. The highest BCUT2D eigenvalue weighted by Gasteiger charge is 2.06. The van der Waals surface area contributed by atoms with Gasteiger partial charge in [-0.1, -0.05) is 36.4 Å². The van der Waals surface area contributed by atoms with Crippen LogP contribution in [0.5, 0.6) is 0 Å². The third kappa shape index (κ3) is 3.19. The Hall–Kier alpha value is -3.27. The van der Waals surface area contributed by atoms with Crippen molar-refractivity contribution in [2.24, 2.45) is 0 Å². The van der Waals surface area contributed by atoms with Crippen LogP contribution >= 0.6 is 0 Å². The first kappa shape index (κ1) is 15.3. The van der Waals surface area contributed by atoms with E-state index in [1.54, 1.807) is 6.08 Å². The van der Waals surface area contributed by atoms with Gasteiger partial charge in [0.25, 0.3) is 0 Å². The summed E-state index contributed by atoms with van der Waals surface area (Å²) < 4.78 is 32.2. The Morgan fingerprint density at radius 3 is 2.44 bits per heavy atom. The second kappa shape index (κ2) is 6.32. The SMILES string of the molecule is Fc1ccc(C=Cc2nc3cc(-c4ccccc4)ccc3o2)c(F)c1. The zero-order valence-electron chi connectivity index (χ0n) is 13.1. The van der Waals surface area contributed by atoms with Crippen LogP contribution in [0.2, 0.25) is 0 Å². The Labute approximate surface area is 143 Å². The molecule has 0 unspecified atom stereocenters. The van der Waals surface area contributed by atoms with Gasteiger partial charge in [0, 0.05) is 17.7 Å². The molecule has 2 nitrogen and oxygen atoms in total. The monoisotopic (exact) mass is 333 g/mol. The van der Waals surface area contributed by atoms with Crippen molar-refractivity contribution in [2.45, 2.75) is 0 Å². The Bertz CT molecular complexity index is 1070. The molecule has 0 spiro atoms. The summed E-state index contributed by atoms with van der Waals surface area (Å²) in [4.78, 5) is 4.41. The van der Waals surface area contributed by atoms with Gasteiger partial charge in [-0.3, -0.25) is 0 Å². The molecule has 0 aliphatic heterocycles. The number of hydrogen-bond donors (Lipinski definition) is 0. The van der Waals surface area contributed by atoms with Gasteiger partial charge in [-0.05, 0) is 41.5 Å². The molecular formula is C21H13F2NO. The third-order valence-electron chi connectivity index (χ3n) is 3.88. The van der Waals surface area contributed by atoms with Crippen LogP contribution in [0.4, 0.5) is 8.78 Å². The Balaban J connectivity index is 1.66. The predicted octanol–water partition coefficient (Wildman–Crippen LogP) is 5.94. The van der Waals surface area contributed by atoms with E-state index >= 15 is 0 Å². The van der Waals surface area contributed by atoms with E-state index < -0.39 is 11.6 Å². The molecule has 1 aromatic heterocycles. The van der Waals surface area contributed by atoms with Crippen LogP contribution in [-0.4, -0.2) is 4.98 Å². The van der Waals surface area contributed by atoms with E-state index in [9.17, 15) is 8.78 Å². The van der Waals surface area contributed by atoms with Crippen LogP contribution in [0.15, 0.2) is 71.1 Å². The molecule has 4 heteroatoms. The number of benzene rings is 3. The number of nitrogens with zero attached hydrogens (tertiary/aromatic N) is 1. The maximum absolute atomic E-state index is 13.7. The van der Waals surface area contributed by atoms with Crippen LogP contribution in [0.25, 0.3) is 34.4 Å². The highest BCUT2D eigenvalue weighted by atomic mass is 19.1.